The zero-order valence-corrected chi connectivity index (χ0v) is 11.1. The molecule has 2 rings (SSSR count). The molecule has 0 amide bonds. The highest BCUT2D eigenvalue weighted by Crippen LogP contribution is 2.26. The summed E-state index contributed by atoms with van der Waals surface area (Å²) in [5, 5.41) is 0.697. The first-order valence-electron chi connectivity index (χ1n) is 5.76. The normalized spacial score (nSPS) is 12.5. The van der Waals surface area contributed by atoms with Gasteiger partial charge in [0.15, 0.2) is 0 Å². The van der Waals surface area contributed by atoms with Gasteiger partial charge in [-0.05, 0) is 54.3 Å². The van der Waals surface area contributed by atoms with Gasteiger partial charge in [-0.1, -0.05) is 29.8 Å². The lowest BCUT2D eigenvalue weighted by molar-refractivity contribution is 0.624. The minimum Gasteiger partial charge on any atom is -0.320 e. The van der Waals surface area contributed by atoms with Crippen molar-refractivity contribution in [2.75, 3.05) is 0 Å². The summed E-state index contributed by atoms with van der Waals surface area (Å²) in [4.78, 5) is 0. The van der Waals surface area contributed by atoms with Crippen molar-refractivity contribution in [1.29, 1.82) is 0 Å². The number of hydrogen-bond donors (Lipinski definition) is 1. The smallest absolute Gasteiger partial charge is 0.123 e. The maximum Gasteiger partial charge on any atom is 0.123 e. The molecular formula is C15H15ClFN. The lowest BCUT2D eigenvalue weighted by Crippen LogP contribution is -2.13. The third-order valence-corrected chi connectivity index (χ3v) is 3.53. The third-order valence-electron chi connectivity index (χ3n) is 3.12. The molecule has 0 spiro atoms. The molecule has 1 atom stereocenters. The molecule has 94 valence electrons. The van der Waals surface area contributed by atoms with E-state index in [1.54, 1.807) is 6.07 Å². The Labute approximate surface area is 111 Å². The molecule has 2 N–H and O–H groups in total. The zero-order valence-electron chi connectivity index (χ0n) is 10.4. The van der Waals surface area contributed by atoms with E-state index in [1.165, 1.54) is 12.1 Å². The average Bonchev–Trinajstić information content (AvgIpc) is 2.32. The Kier molecular flexibility index (Phi) is 3.69. The second-order valence-corrected chi connectivity index (χ2v) is 4.89. The van der Waals surface area contributed by atoms with Crippen LogP contribution in [0.15, 0.2) is 36.4 Å². The van der Waals surface area contributed by atoms with E-state index in [0.29, 0.717) is 5.02 Å². The first-order valence-corrected chi connectivity index (χ1v) is 6.14. The van der Waals surface area contributed by atoms with E-state index in [1.807, 2.05) is 32.0 Å². The van der Waals surface area contributed by atoms with Crippen LogP contribution >= 0.6 is 11.6 Å². The molecule has 0 radical (unpaired) electrons. The summed E-state index contributed by atoms with van der Waals surface area (Å²) in [6.07, 6.45) is 0. The Balaban J connectivity index is 2.41. The van der Waals surface area contributed by atoms with Gasteiger partial charge in [0.05, 0.1) is 6.04 Å². The lowest BCUT2D eigenvalue weighted by Gasteiger charge is -2.16. The molecule has 2 aromatic carbocycles. The van der Waals surface area contributed by atoms with Crippen LogP contribution in [0.5, 0.6) is 0 Å². The maximum absolute atomic E-state index is 13.1. The summed E-state index contributed by atoms with van der Waals surface area (Å²) >= 11 is 6.09. The molecule has 0 aromatic heterocycles. The van der Waals surface area contributed by atoms with Crippen LogP contribution in [-0.4, -0.2) is 0 Å². The second-order valence-electron chi connectivity index (χ2n) is 4.49. The number of hydrogen-bond acceptors (Lipinski definition) is 1. The van der Waals surface area contributed by atoms with Crippen LogP contribution < -0.4 is 5.73 Å². The van der Waals surface area contributed by atoms with Gasteiger partial charge in [0.25, 0.3) is 0 Å². The van der Waals surface area contributed by atoms with Gasteiger partial charge in [0.1, 0.15) is 5.82 Å². The largest absolute Gasteiger partial charge is 0.320 e. The molecule has 1 unspecified atom stereocenters. The van der Waals surface area contributed by atoms with Crippen molar-refractivity contribution in [3.8, 4) is 0 Å². The van der Waals surface area contributed by atoms with Crippen molar-refractivity contribution in [3.63, 3.8) is 0 Å². The Morgan fingerprint density at radius 1 is 1.06 bits per heavy atom. The number of halogens is 2. The quantitative estimate of drug-likeness (QED) is 0.866. The molecule has 18 heavy (non-hydrogen) atoms. The van der Waals surface area contributed by atoms with Crippen molar-refractivity contribution in [2.45, 2.75) is 19.9 Å². The monoisotopic (exact) mass is 263 g/mol. The van der Waals surface area contributed by atoms with Gasteiger partial charge in [0.2, 0.25) is 0 Å². The van der Waals surface area contributed by atoms with Gasteiger partial charge in [-0.25, -0.2) is 4.39 Å². The zero-order chi connectivity index (χ0) is 13.3. The van der Waals surface area contributed by atoms with Gasteiger partial charge in [0, 0.05) is 5.02 Å². The van der Waals surface area contributed by atoms with Crippen molar-refractivity contribution in [2.24, 2.45) is 5.73 Å². The van der Waals surface area contributed by atoms with Crippen LogP contribution in [0.3, 0.4) is 0 Å². The van der Waals surface area contributed by atoms with Crippen molar-refractivity contribution >= 4 is 11.6 Å². The van der Waals surface area contributed by atoms with Gasteiger partial charge >= 0.3 is 0 Å². The van der Waals surface area contributed by atoms with Crippen molar-refractivity contribution in [1.82, 2.24) is 0 Å². The molecule has 0 heterocycles. The van der Waals surface area contributed by atoms with E-state index in [9.17, 15) is 4.39 Å². The molecule has 2 aromatic rings. The first-order chi connectivity index (χ1) is 8.49. The van der Waals surface area contributed by atoms with E-state index in [2.05, 4.69) is 0 Å². The van der Waals surface area contributed by atoms with Crippen LogP contribution in [-0.2, 0) is 0 Å². The number of rotatable bonds is 2. The van der Waals surface area contributed by atoms with Gasteiger partial charge in [-0.3, -0.25) is 0 Å². The summed E-state index contributed by atoms with van der Waals surface area (Å²) in [6, 6.07) is 10.1. The number of aryl methyl sites for hydroxylation is 2. The van der Waals surface area contributed by atoms with Crippen LogP contribution in [0.4, 0.5) is 4.39 Å². The molecule has 0 saturated heterocycles. The molecule has 0 aliphatic heterocycles. The highest BCUT2D eigenvalue weighted by molar-refractivity contribution is 6.31. The van der Waals surface area contributed by atoms with E-state index >= 15 is 0 Å². The predicted octanol–water partition coefficient (Wildman–Crippen LogP) is 4.14. The Morgan fingerprint density at radius 2 is 1.78 bits per heavy atom. The molecule has 0 saturated carbocycles. The standard InChI is InChI=1S/C15H15ClFN/c1-9-3-4-11(8-14(9)16)15(18)13-6-5-12(17)7-10(13)2/h3-8,15H,18H2,1-2H3. The van der Waals surface area contributed by atoms with Gasteiger partial charge in [-0.2, -0.15) is 0 Å². The summed E-state index contributed by atoms with van der Waals surface area (Å²) in [7, 11) is 0. The van der Waals surface area contributed by atoms with Crippen LogP contribution in [0, 0.1) is 19.7 Å². The number of nitrogens with two attached hydrogens (primary N) is 1. The van der Waals surface area contributed by atoms with Crippen molar-refractivity contribution < 1.29 is 4.39 Å². The van der Waals surface area contributed by atoms with Crippen LogP contribution in [0.25, 0.3) is 0 Å². The molecule has 0 bridgehead atoms. The van der Waals surface area contributed by atoms with Gasteiger partial charge in [-0.15, -0.1) is 0 Å². The second kappa shape index (κ2) is 5.09. The topological polar surface area (TPSA) is 26.0 Å². The molecular weight excluding hydrogens is 249 g/mol. The third kappa shape index (κ3) is 2.55. The summed E-state index contributed by atoms with van der Waals surface area (Å²) in [6.45, 7) is 3.80. The summed E-state index contributed by atoms with van der Waals surface area (Å²) in [5.74, 6) is -0.245. The minimum atomic E-state index is -0.288. The lowest BCUT2D eigenvalue weighted by atomic mass is 9.95. The summed E-state index contributed by atoms with van der Waals surface area (Å²) in [5.41, 5.74) is 9.91. The fraction of sp³-hybridized carbons (Fsp3) is 0.200. The maximum atomic E-state index is 13.1. The fourth-order valence-electron chi connectivity index (χ4n) is 1.97. The van der Waals surface area contributed by atoms with Crippen LogP contribution in [0.2, 0.25) is 5.02 Å². The fourth-order valence-corrected chi connectivity index (χ4v) is 2.16. The Hall–Kier alpha value is -1.38. The highest BCUT2D eigenvalue weighted by Gasteiger charge is 2.12. The molecule has 0 aliphatic carbocycles. The van der Waals surface area contributed by atoms with Gasteiger partial charge < -0.3 is 5.73 Å². The van der Waals surface area contributed by atoms with E-state index in [0.717, 1.165) is 22.3 Å². The minimum absolute atomic E-state index is 0.245. The first kappa shape index (κ1) is 13.1. The highest BCUT2D eigenvalue weighted by atomic mass is 35.5. The molecule has 0 fully saturated rings. The molecule has 1 nitrogen and oxygen atoms in total. The number of benzene rings is 2. The Morgan fingerprint density at radius 3 is 2.39 bits per heavy atom. The summed E-state index contributed by atoms with van der Waals surface area (Å²) < 4.78 is 13.1. The van der Waals surface area contributed by atoms with Crippen LogP contribution in [0.1, 0.15) is 28.3 Å². The SMILES string of the molecule is Cc1ccc(C(N)c2ccc(F)cc2C)cc1Cl. The Bertz CT molecular complexity index is 581. The van der Waals surface area contributed by atoms with Crippen molar-refractivity contribution in [3.05, 3.63) is 69.5 Å². The average molecular weight is 264 g/mol. The molecule has 0 aliphatic rings. The van der Waals surface area contributed by atoms with E-state index in [-0.39, 0.29) is 11.9 Å². The molecule has 3 heteroatoms. The van der Waals surface area contributed by atoms with E-state index in [4.69, 9.17) is 17.3 Å². The van der Waals surface area contributed by atoms with E-state index < -0.39 is 0 Å². The predicted molar refractivity (Wildman–Crippen MR) is 73.4 cm³/mol.